The third-order valence-electron chi connectivity index (χ3n) is 4.79. The van der Waals surface area contributed by atoms with Gasteiger partial charge in [0, 0.05) is 18.7 Å². The molecule has 2 aliphatic heterocycles. The highest BCUT2D eigenvalue weighted by atomic mass is 16.2. The average molecular weight is 302 g/mol. The number of fused-ring (bicyclic) bond motifs is 1. The Hall–Kier alpha value is -1.88. The van der Waals surface area contributed by atoms with Crippen molar-refractivity contribution in [2.45, 2.75) is 26.3 Å². The van der Waals surface area contributed by atoms with Crippen molar-refractivity contribution >= 4 is 17.5 Å². The molecule has 5 heteroatoms. The van der Waals surface area contributed by atoms with E-state index in [4.69, 9.17) is 0 Å². The quantitative estimate of drug-likeness (QED) is 0.816. The highest BCUT2D eigenvalue weighted by molar-refractivity contribution is 5.96. The fraction of sp³-hybridized carbons (Fsp3) is 0.529. The number of rotatable bonds is 2. The molecule has 3 rings (SSSR count). The van der Waals surface area contributed by atoms with Gasteiger partial charge in [0.05, 0.1) is 26.2 Å². The Morgan fingerprint density at radius 2 is 1.91 bits per heavy atom. The summed E-state index contributed by atoms with van der Waals surface area (Å²) in [6, 6.07) is 8.42. The average Bonchev–Trinajstić information content (AvgIpc) is 2.83. The van der Waals surface area contributed by atoms with Crippen molar-refractivity contribution in [3.05, 3.63) is 29.8 Å². The number of para-hydroxylation sites is 1. The number of nitrogens with one attached hydrogen (secondary N) is 1. The number of piperazine rings is 1. The van der Waals surface area contributed by atoms with Gasteiger partial charge in [0.25, 0.3) is 5.91 Å². The van der Waals surface area contributed by atoms with E-state index < -0.39 is 0 Å². The predicted octanol–water partition coefficient (Wildman–Crippen LogP) is -0.289. The smallest absolute Gasteiger partial charge is 0.282 e. The number of amides is 2. The molecule has 1 aromatic rings. The number of nitrogens with zero attached hydrogens (tertiary/aromatic N) is 2. The highest BCUT2D eigenvalue weighted by Crippen LogP contribution is 2.31. The monoisotopic (exact) mass is 302 g/mol. The van der Waals surface area contributed by atoms with E-state index >= 15 is 0 Å². The Kier molecular flexibility index (Phi) is 4.16. The fourth-order valence-electron chi connectivity index (χ4n) is 3.56. The number of carbonyl (C=O) groups excluding carboxylic acids is 2. The molecule has 0 radical (unpaired) electrons. The summed E-state index contributed by atoms with van der Waals surface area (Å²) in [5.41, 5.74) is 2.33. The van der Waals surface area contributed by atoms with Crippen molar-refractivity contribution in [3.8, 4) is 0 Å². The summed E-state index contributed by atoms with van der Waals surface area (Å²) < 4.78 is 0. The maximum absolute atomic E-state index is 12.7. The molecule has 5 nitrogen and oxygen atoms in total. The molecular formula is C17H24N3O2+. The number of carbonyl (C=O) groups is 2. The zero-order valence-electron chi connectivity index (χ0n) is 13.3. The predicted molar refractivity (Wildman–Crippen MR) is 84.9 cm³/mol. The first-order chi connectivity index (χ1) is 10.6. The van der Waals surface area contributed by atoms with Gasteiger partial charge in [0.15, 0.2) is 6.54 Å². The Bertz CT molecular complexity index is 579. The Morgan fingerprint density at radius 3 is 2.59 bits per heavy atom. The highest BCUT2D eigenvalue weighted by Gasteiger charge is 2.33. The summed E-state index contributed by atoms with van der Waals surface area (Å²) >= 11 is 0. The number of hydrogen-bond donors (Lipinski definition) is 1. The lowest BCUT2D eigenvalue weighted by Crippen LogP contribution is -3.15. The van der Waals surface area contributed by atoms with E-state index in [0.29, 0.717) is 6.54 Å². The van der Waals surface area contributed by atoms with Crippen LogP contribution in [0.5, 0.6) is 0 Å². The number of quaternary nitrogens is 1. The summed E-state index contributed by atoms with van der Waals surface area (Å²) in [5, 5.41) is 0. The molecule has 1 saturated heterocycles. The van der Waals surface area contributed by atoms with Crippen LogP contribution >= 0.6 is 0 Å². The van der Waals surface area contributed by atoms with Crippen LogP contribution in [0.3, 0.4) is 0 Å². The minimum Gasteiger partial charge on any atom is -0.332 e. The lowest BCUT2D eigenvalue weighted by atomic mass is 10.1. The molecule has 0 aromatic heterocycles. The van der Waals surface area contributed by atoms with Crippen LogP contribution in [-0.2, 0) is 16.0 Å². The van der Waals surface area contributed by atoms with Crippen molar-refractivity contribution < 1.29 is 14.5 Å². The first kappa shape index (κ1) is 15.0. The topological polar surface area (TPSA) is 45.1 Å². The van der Waals surface area contributed by atoms with Gasteiger partial charge in [-0.25, -0.2) is 0 Å². The maximum atomic E-state index is 12.7. The van der Waals surface area contributed by atoms with Gasteiger partial charge in [0.1, 0.15) is 0 Å². The lowest BCUT2D eigenvalue weighted by Gasteiger charge is -2.32. The van der Waals surface area contributed by atoms with E-state index in [1.165, 1.54) is 10.5 Å². The van der Waals surface area contributed by atoms with Crippen LogP contribution < -0.4 is 9.80 Å². The zero-order chi connectivity index (χ0) is 15.7. The minimum absolute atomic E-state index is 0.132. The van der Waals surface area contributed by atoms with Crippen molar-refractivity contribution in [2.24, 2.45) is 0 Å². The van der Waals surface area contributed by atoms with Crippen LogP contribution in [0, 0.1) is 0 Å². The molecule has 0 spiro atoms. The van der Waals surface area contributed by atoms with Gasteiger partial charge >= 0.3 is 0 Å². The van der Waals surface area contributed by atoms with Gasteiger partial charge < -0.3 is 14.7 Å². The van der Waals surface area contributed by atoms with Gasteiger partial charge in [-0.1, -0.05) is 18.2 Å². The number of benzene rings is 1. The van der Waals surface area contributed by atoms with E-state index in [9.17, 15) is 9.59 Å². The van der Waals surface area contributed by atoms with Gasteiger partial charge in [-0.05, 0) is 25.0 Å². The van der Waals surface area contributed by atoms with E-state index in [2.05, 4.69) is 13.0 Å². The van der Waals surface area contributed by atoms with E-state index in [-0.39, 0.29) is 17.9 Å². The Morgan fingerprint density at radius 1 is 1.23 bits per heavy atom. The molecule has 0 aliphatic carbocycles. The van der Waals surface area contributed by atoms with Crippen molar-refractivity contribution in [1.82, 2.24) is 4.90 Å². The van der Waals surface area contributed by atoms with Gasteiger partial charge in [-0.3, -0.25) is 9.59 Å². The summed E-state index contributed by atoms with van der Waals surface area (Å²) in [7, 11) is 0. The Balaban J connectivity index is 1.62. The Labute approximate surface area is 131 Å². The number of hydrogen-bond acceptors (Lipinski definition) is 2. The third-order valence-corrected chi connectivity index (χ3v) is 4.79. The molecule has 2 aliphatic rings. The summed E-state index contributed by atoms with van der Waals surface area (Å²) in [4.78, 5) is 29.2. The number of anilines is 1. The second-order valence-corrected chi connectivity index (χ2v) is 6.38. The lowest BCUT2D eigenvalue weighted by molar-refractivity contribution is -0.895. The molecule has 22 heavy (non-hydrogen) atoms. The van der Waals surface area contributed by atoms with Crippen LogP contribution in [0.2, 0.25) is 0 Å². The maximum Gasteiger partial charge on any atom is 0.282 e. The molecule has 1 atom stereocenters. The second-order valence-electron chi connectivity index (χ2n) is 6.38. The molecular weight excluding hydrogens is 278 g/mol. The zero-order valence-corrected chi connectivity index (χ0v) is 13.3. The van der Waals surface area contributed by atoms with Crippen molar-refractivity contribution in [2.75, 3.05) is 37.6 Å². The SMILES string of the molecule is CC(=O)N1CC[NH+](CC(=O)N2c3ccccc3C[C@@H]2C)CC1. The molecule has 1 fully saturated rings. The fourth-order valence-corrected chi connectivity index (χ4v) is 3.56. The second kappa shape index (κ2) is 6.08. The minimum atomic E-state index is 0.132. The first-order valence-corrected chi connectivity index (χ1v) is 8.05. The van der Waals surface area contributed by atoms with Crippen LogP contribution in [0.1, 0.15) is 19.4 Å². The van der Waals surface area contributed by atoms with Crippen LogP contribution in [-0.4, -0.2) is 55.5 Å². The summed E-state index contributed by atoms with van der Waals surface area (Å²) in [6.07, 6.45) is 0.940. The van der Waals surface area contributed by atoms with E-state index in [1.54, 1.807) is 6.92 Å². The molecule has 1 N–H and O–H groups in total. The van der Waals surface area contributed by atoms with Crippen molar-refractivity contribution in [1.29, 1.82) is 0 Å². The molecule has 2 amide bonds. The van der Waals surface area contributed by atoms with Gasteiger partial charge in [0.2, 0.25) is 5.91 Å². The van der Waals surface area contributed by atoms with Gasteiger partial charge in [-0.15, -0.1) is 0 Å². The van der Waals surface area contributed by atoms with E-state index in [0.717, 1.165) is 38.3 Å². The molecule has 0 unspecified atom stereocenters. The molecule has 1 aromatic carbocycles. The third kappa shape index (κ3) is 2.86. The largest absolute Gasteiger partial charge is 0.332 e. The van der Waals surface area contributed by atoms with Crippen molar-refractivity contribution in [3.63, 3.8) is 0 Å². The summed E-state index contributed by atoms with van der Waals surface area (Å²) in [5.74, 6) is 0.330. The van der Waals surface area contributed by atoms with Crippen LogP contribution in [0.15, 0.2) is 24.3 Å². The van der Waals surface area contributed by atoms with Gasteiger partial charge in [-0.2, -0.15) is 0 Å². The van der Waals surface area contributed by atoms with E-state index in [1.807, 2.05) is 28.0 Å². The molecule has 118 valence electrons. The molecule has 0 saturated carbocycles. The normalized spacial score (nSPS) is 21.8. The molecule has 2 heterocycles. The standard InChI is InChI=1S/C17H23N3O2/c1-13-11-15-5-3-4-6-16(15)20(13)17(22)12-18-7-9-19(10-8-18)14(2)21/h3-6,13H,7-12H2,1-2H3/p+1/t13-/m0/s1. The van der Waals surface area contributed by atoms with Crippen LogP contribution in [0.4, 0.5) is 5.69 Å². The molecule has 0 bridgehead atoms. The first-order valence-electron chi connectivity index (χ1n) is 8.05. The summed E-state index contributed by atoms with van der Waals surface area (Å²) in [6.45, 7) is 7.46. The van der Waals surface area contributed by atoms with Crippen LogP contribution in [0.25, 0.3) is 0 Å².